The fourth-order valence-electron chi connectivity index (χ4n) is 4.73. The van der Waals surface area contributed by atoms with E-state index in [1.807, 2.05) is 6.92 Å². The van der Waals surface area contributed by atoms with Crippen molar-refractivity contribution in [3.05, 3.63) is 95.3 Å². The van der Waals surface area contributed by atoms with Crippen molar-refractivity contribution in [2.75, 3.05) is 13.1 Å². The van der Waals surface area contributed by atoms with Crippen LogP contribution in [0.5, 0.6) is 0 Å². The predicted octanol–water partition coefficient (Wildman–Crippen LogP) is 6.02. The third-order valence-electron chi connectivity index (χ3n) is 6.80. The first kappa shape index (κ1) is 26.1. The molecule has 0 aromatic heterocycles. The van der Waals surface area contributed by atoms with E-state index in [2.05, 4.69) is 5.32 Å². The lowest BCUT2D eigenvalue weighted by atomic mass is 9.84. The molecule has 3 aromatic rings. The Morgan fingerprint density at radius 1 is 1.05 bits per heavy atom. The summed E-state index contributed by atoms with van der Waals surface area (Å²) in [5.74, 6) is -1.69. The zero-order chi connectivity index (χ0) is 26.6. The van der Waals surface area contributed by atoms with Crippen molar-refractivity contribution in [1.29, 1.82) is 0 Å². The van der Waals surface area contributed by atoms with Gasteiger partial charge in [-0.2, -0.15) is 0 Å². The standard InChI is InChI=1S/C28H28F3N3O3/c1-18(19-3-5-20(6-4-19)24-12-11-23(30)17-25(24)31)34-16-14-28(37-27(34)36,13-2-15-33-26(32)35)21-7-9-22(29)10-8-21/h3-12,17-18H,2,13-16H2,1H3,(H3,32,33,35)/t18-,28+/m0/s1. The van der Waals surface area contributed by atoms with Gasteiger partial charge in [0.15, 0.2) is 0 Å². The average Bonchev–Trinajstić information content (AvgIpc) is 2.87. The number of carbonyl (C=O) groups is 2. The Hall–Kier alpha value is -4.01. The topological polar surface area (TPSA) is 84.7 Å². The smallest absolute Gasteiger partial charge is 0.411 e. The van der Waals surface area contributed by atoms with Crippen LogP contribution in [0.1, 0.15) is 43.4 Å². The first-order valence-electron chi connectivity index (χ1n) is 12.0. The molecule has 2 atom stereocenters. The number of halogens is 3. The van der Waals surface area contributed by atoms with Gasteiger partial charge in [-0.1, -0.05) is 36.4 Å². The molecule has 0 radical (unpaired) electrons. The van der Waals surface area contributed by atoms with E-state index in [-0.39, 0.29) is 11.6 Å². The first-order chi connectivity index (χ1) is 17.7. The molecular formula is C28H28F3N3O3. The summed E-state index contributed by atoms with van der Waals surface area (Å²) in [5, 5.41) is 2.53. The SMILES string of the molecule is C[C@@H](c1ccc(-c2ccc(F)cc2F)cc1)N1CC[C@](CCCNC(N)=O)(c2ccc(F)cc2)OC1=O. The van der Waals surface area contributed by atoms with Crippen LogP contribution in [0.4, 0.5) is 22.8 Å². The predicted molar refractivity (Wildman–Crippen MR) is 133 cm³/mol. The summed E-state index contributed by atoms with van der Waals surface area (Å²) in [6.07, 6.45) is 0.874. The van der Waals surface area contributed by atoms with E-state index in [4.69, 9.17) is 10.5 Å². The maximum Gasteiger partial charge on any atom is 0.411 e. The lowest BCUT2D eigenvalue weighted by Crippen LogP contribution is -2.49. The largest absolute Gasteiger partial charge is 0.438 e. The Morgan fingerprint density at radius 2 is 1.73 bits per heavy atom. The van der Waals surface area contributed by atoms with E-state index in [1.54, 1.807) is 41.3 Å². The van der Waals surface area contributed by atoms with Crippen molar-refractivity contribution >= 4 is 12.1 Å². The third-order valence-corrected chi connectivity index (χ3v) is 6.80. The molecule has 0 spiro atoms. The Kier molecular flexibility index (Phi) is 7.71. The van der Waals surface area contributed by atoms with E-state index in [9.17, 15) is 22.8 Å². The van der Waals surface area contributed by atoms with Gasteiger partial charge in [0.25, 0.3) is 0 Å². The lowest BCUT2D eigenvalue weighted by molar-refractivity contribution is -0.0663. The molecule has 0 bridgehead atoms. The van der Waals surface area contributed by atoms with Gasteiger partial charge in [-0.3, -0.25) is 0 Å². The number of nitrogens with one attached hydrogen (secondary N) is 1. The van der Waals surface area contributed by atoms with Crippen molar-refractivity contribution in [3.63, 3.8) is 0 Å². The number of cyclic esters (lactones) is 1. The van der Waals surface area contributed by atoms with Crippen LogP contribution in [-0.4, -0.2) is 30.1 Å². The average molecular weight is 512 g/mol. The summed E-state index contributed by atoms with van der Waals surface area (Å²) in [4.78, 5) is 25.9. The number of hydrogen-bond donors (Lipinski definition) is 2. The molecule has 9 heteroatoms. The molecule has 4 rings (SSSR count). The molecule has 194 valence electrons. The molecule has 0 unspecified atom stereocenters. The molecule has 1 fully saturated rings. The minimum Gasteiger partial charge on any atom is -0.438 e. The number of urea groups is 1. The van der Waals surface area contributed by atoms with Gasteiger partial charge in [-0.25, -0.2) is 22.8 Å². The van der Waals surface area contributed by atoms with E-state index in [1.165, 1.54) is 24.3 Å². The van der Waals surface area contributed by atoms with E-state index in [0.717, 1.165) is 11.6 Å². The molecule has 6 nitrogen and oxygen atoms in total. The van der Waals surface area contributed by atoms with Crippen LogP contribution in [0.2, 0.25) is 0 Å². The summed E-state index contributed by atoms with van der Waals surface area (Å²) >= 11 is 0. The summed E-state index contributed by atoms with van der Waals surface area (Å²) in [7, 11) is 0. The molecular weight excluding hydrogens is 483 g/mol. The van der Waals surface area contributed by atoms with Crippen LogP contribution in [-0.2, 0) is 10.3 Å². The highest BCUT2D eigenvalue weighted by Crippen LogP contribution is 2.40. The number of hydrogen-bond acceptors (Lipinski definition) is 3. The number of amides is 3. The Labute approximate surface area is 213 Å². The fourth-order valence-corrected chi connectivity index (χ4v) is 4.73. The van der Waals surface area contributed by atoms with Crippen molar-refractivity contribution < 1.29 is 27.5 Å². The molecule has 1 aliphatic rings. The first-order valence-corrected chi connectivity index (χ1v) is 12.0. The monoisotopic (exact) mass is 511 g/mol. The number of ether oxygens (including phenoxy) is 1. The minimum atomic E-state index is -0.968. The maximum absolute atomic E-state index is 14.2. The molecule has 1 aliphatic heterocycles. The normalized spacial score (nSPS) is 18.3. The van der Waals surface area contributed by atoms with Crippen molar-refractivity contribution in [1.82, 2.24) is 10.2 Å². The van der Waals surface area contributed by atoms with Crippen LogP contribution in [0, 0.1) is 17.5 Å². The highest BCUT2D eigenvalue weighted by atomic mass is 19.1. The van der Waals surface area contributed by atoms with E-state index in [0.29, 0.717) is 43.5 Å². The van der Waals surface area contributed by atoms with Crippen LogP contribution in [0.25, 0.3) is 11.1 Å². The summed E-state index contributed by atoms with van der Waals surface area (Å²) in [6.45, 7) is 2.57. The number of benzene rings is 3. The second-order valence-corrected chi connectivity index (χ2v) is 9.13. The second kappa shape index (κ2) is 10.9. The van der Waals surface area contributed by atoms with Crippen molar-refractivity contribution in [3.8, 4) is 11.1 Å². The number of primary amides is 1. The van der Waals surface area contributed by atoms with Crippen LogP contribution >= 0.6 is 0 Å². The Bertz CT molecular complexity index is 1270. The minimum absolute atomic E-state index is 0.285. The summed E-state index contributed by atoms with van der Waals surface area (Å²) < 4.78 is 47.0. The Morgan fingerprint density at radius 3 is 2.35 bits per heavy atom. The third kappa shape index (κ3) is 5.87. The van der Waals surface area contributed by atoms with Gasteiger partial charge < -0.3 is 20.7 Å². The summed E-state index contributed by atoms with van der Waals surface area (Å²) in [6, 6.07) is 15.4. The zero-order valence-electron chi connectivity index (χ0n) is 20.3. The molecule has 3 amide bonds. The van der Waals surface area contributed by atoms with E-state index >= 15 is 0 Å². The van der Waals surface area contributed by atoms with Gasteiger partial charge in [-0.05, 0) is 60.7 Å². The van der Waals surface area contributed by atoms with Gasteiger partial charge >= 0.3 is 12.1 Å². The second-order valence-electron chi connectivity index (χ2n) is 9.13. The Balaban J connectivity index is 1.50. The molecule has 0 aliphatic carbocycles. The number of nitrogens with zero attached hydrogens (tertiary/aromatic N) is 1. The van der Waals surface area contributed by atoms with Gasteiger partial charge in [0.2, 0.25) is 0 Å². The molecule has 3 aromatic carbocycles. The highest BCUT2D eigenvalue weighted by molar-refractivity contribution is 5.71. The molecule has 1 heterocycles. The maximum atomic E-state index is 14.2. The van der Waals surface area contributed by atoms with Crippen LogP contribution in [0.3, 0.4) is 0 Å². The number of nitrogens with two attached hydrogens (primary N) is 1. The van der Waals surface area contributed by atoms with Gasteiger partial charge in [0.1, 0.15) is 23.1 Å². The highest BCUT2D eigenvalue weighted by Gasteiger charge is 2.43. The zero-order valence-corrected chi connectivity index (χ0v) is 20.3. The van der Waals surface area contributed by atoms with E-state index < -0.39 is 35.2 Å². The summed E-state index contributed by atoms with van der Waals surface area (Å²) in [5.41, 5.74) is 6.55. The quantitative estimate of drug-likeness (QED) is 0.363. The number of carbonyl (C=O) groups excluding carboxylic acids is 2. The van der Waals surface area contributed by atoms with Crippen molar-refractivity contribution in [2.24, 2.45) is 5.73 Å². The van der Waals surface area contributed by atoms with Crippen LogP contribution in [0.15, 0.2) is 66.7 Å². The van der Waals surface area contributed by atoms with Gasteiger partial charge in [0.05, 0.1) is 6.04 Å². The van der Waals surface area contributed by atoms with Crippen molar-refractivity contribution in [2.45, 2.75) is 37.8 Å². The van der Waals surface area contributed by atoms with Crippen LogP contribution < -0.4 is 11.1 Å². The van der Waals surface area contributed by atoms with Gasteiger partial charge in [-0.15, -0.1) is 0 Å². The molecule has 1 saturated heterocycles. The molecule has 0 saturated carbocycles. The fraction of sp³-hybridized carbons (Fsp3) is 0.286. The molecule has 3 N–H and O–H groups in total. The lowest BCUT2D eigenvalue weighted by Gasteiger charge is -2.43. The van der Waals surface area contributed by atoms with Gasteiger partial charge in [0, 0.05) is 31.1 Å². The number of rotatable bonds is 8. The molecule has 37 heavy (non-hydrogen) atoms.